The van der Waals surface area contributed by atoms with Crippen LogP contribution in [0, 0.1) is 5.82 Å². The summed E-state index contributed by atoms with van der Waals surface area (Å²) in [6, 6.07) is 11.0. The van der Waals surface area contributed by atoms with Crippen LogP contribution in [-0.2, 0) is 14.3 Å². The van der Waals surface area contributed by atoms with Gasteiger partial charge in [-0.05, 0) is 30.7 Å². The van der Waals surface area contributed by atoms with Crippen LogP contribution in [0.5, 0.6) is 11.5 Å². The number of hydrogen-bond donors (Lipinski definition) is 2. The highest BCUT2D eigenvalue weighted by atomic mass is 19.1. The Kier molecular flexibility index (Phi) is 6.53. The minimum Gasteiger partial charge on any atom is -0.454 e. The molecular formula is C28H30FN5O7. The van der Waals surface area contributed by atoms with Crippen molar-refractivity contribution in [2.45, 2.75) is 49.0 Å². The van der Waals surface area contributed by atoms with E-state index in [0.717, 1.165) is 17.9 Å². The zero-order valence-electron chi connectivity index (χ0n) is 22.2. The number of carbonyl (C=O) groups excluding carboxylic acids is 1. The van der Waals surface area contributed by atoms with E-state index in [1.54, 1.807) is 18.3 Å². The molecule has 1 aromatic heterocycles. The number of piperazine rings is 1. The summed E-state index contributed by atoms with van der Waals surface area (Å²) in [6.45, 7) is 0.849. The third kappa shape index (κ3) is 4.40. The highest BCUT2D eigenvalue weighted by Crippen LogP contribution is 2.41. The van der Waals surface area contributed by atoms with Crippen molar-refractivity contribution < 1.29 is 38.3 Å². The first-order valence-electron chi connectivity index (χ1n) is 13.6. The molecule has 5 heterocycles. The molecule has 7 atom stereocenters. The van der Waals surface area contributed by atoms with Crippen molar-refractivity contribution in [3.63, 3.8) is 0 Å². The van der Waals surface area contributed by atoms with E-state index in [-0.39, 0.29) is 24.8 Å². The number of rotatable bonds is 6. The van der Waals surface area contributed by atoms with E-state index in [9.17, 15) is 19.4 Å². The van der Waals surface area contributed by atoms with Crippen LogP contribution in [0.2, 0.25) is 0 Å². The van der Waals surface area contributed by atoms with Gasteiger partial charge in [-0.25, -0.2) is 9.07 Å². The first kappa shape index (κ1) is 26.1. The maximum Gasteiger partial charge on any atom is 0.254 e. The maximum absolute atomic E-state index is 14.0. The predicted molar refractivity (Wildman–Crippen MR) is 141 cm³/mol. The Hall–Kier alpha value is -3.78. The minimum atomic E-state index is -1.24. The average Bonchev–Trinajstić information content (AvgIpc) is 3.80. The topological polar surface area (TPSA) is 132 Å². The average molecular weight is 568 g/mol. The molecule has 12 nitrogen and oxygen atoms in total. The van der Waals surface area contributed by atoms with Gasteiger partial charge in [-0.2, -0.15) is 0 Å². The maximum atomic E-state index is 14.0. The van der Waals surface area contributed by atoms with E-state index in [2.05, 4.69) is 15.2 Å². The predicted octanol–water partition coefficient (Wildman–Crippen LogP) is 0.979. The molecule has 1 amide bonds. The van der Waals surface area contributed by atoms with Gasteiger partial charge in [0.1, 0.15) is 35.9 Å². The Morgan fingerprint density at radius 1 is 1.15 bits per heavy atom. The molecule has 2 N–H and O–H groups in total. The molecular weight excluding hydrogens is 537 g/mol. The normalized spacial score (nSPS) is 30.3. The van der Waals surface area contributed by atoms with Gasteiger partial charge in [0.2, 0.25) is 6.79 Å². The first-order valence-corrected chi connectivity index (χ1v) is 13.6. The molecule has 3 aromatic rings. The number of fused-ring (bicyclic) bond motifs is 3. The van der Waals surface area contributed by atoms with Gasteiger partial charge in [-0.15, -0.1) is 5.10 Å². The van der Waals surface area contributed by atoms with Crippen molar-refractivity contribution in [1.29, 1.82) is 0 Å². The van der Waals surface area contributed by atoms with Crippen molar-refractivity contribution in [3.05, 3.63) is 54.5 Å². The van der Waals surface area contributed by atoms with Crippen LogP contribution in [-0.4, -0.2) is 106 Å². The molecule has 3 saturated heterocycles. The Labute approximate surface area is 234 Å². The molecule has 4 aliphatic heterocycles. The molecule has 0 unspecified atom stereocenters. The second-order valence-corrected chi connectivity index (χ2v) is 10.8. The van der Waals surface area contributed by atoms with Crippen LogP contribution in [0.1, 0.15) is 12.5 Å². The van der Waals surface area contributed by atoms with Gasteiger partial charge >= 0.3 is 0 Å². The lowest BCUT2D eigenvalue weighted by atomic mass is 9.91. The van der Waals surface area contributed by atoms with Crippen molar-refractivity contribution in [2.24, 2.45) is 0 Å². The first-order chi connectivity index (χ1) is 19.9. The van der Waals surface area contributed by atoms with Gasteiger partial charge in [0.05, 0.1) is 18.8 Å². The molecule has 216 valence electrons. The van der Waals surface area contributed by atoms with Gasteiger partial charge in [-0.3, -0.25) is 4.79 Å². The highest BCUT2D eigenvalue weighted by Gasteiger charge is 2.54. The van der Waals surface area contributed by atoms with Crippen LogP contribution in [0.4, 0.5) is 10.1 Å². The Balaban J connectivity index is 1.11. The van der Waals surface area contributed by atoms with Gasteiger partial charge in [0, 0.05) is 43.6 Å². The van der Waals surface area contributed by atoms with Gasteiger partial charge in [-0.1, -0.05) is 17.3 Å². The Morgan fingerprint density at radius 3 is 2.76 bits per heavy atom. The van der Waals surface area contributed by atoms with Crippen LogP contribution >= 0.6 is 0 Å². The number of nitrogens with zero attached hydrogens (tertiary/aromatic N) is 5. The number of aromatic nitrogens is 3. The fraction of sp³-hybridized carbons (Fsp3) is 0.464. The molecule has 2 aromatic carbocycles. The number of halogens is 1. The largest absolute Gasteiger partial charge is 0.454 e. The van der Waals surface area contributed by atoms with Crippen LogP contribution in [0.3, 0.4) is 0 Å². The summed E-state index contributed by atoms with van der Waals surface area (Å²) in [5, 5.41) is 29.5. The minimum absolute atomic E-state index is 0.0390. The van der Waals surface area contributed by atoms with Crippen molar-refractivity contribution in [3.8, 4) is 22.8 Å². The lowest BCUT2D eigenvalue weighted by Gasteiger charge is -2.45. The molecule has 0 radical (unpaired) electrons. The Morgan fingerprint density at radius 2 is 2.00 bits per heavy atom. The van der Waals surface area contributed by atoms with Crippen molar-refractivity contribution >= 4 is 11.6 Å². The molecule has 0 spiro atoms. The monoisotopic (exact) mass is 567 g/mol. The summed E-state index contributed by atoms with van der Waals surface area (Å²) in [5.74, 6) is 0.752. The number of benzene rings is 2. The van der Waals surface area contributed by atoms with E-state index in [1.165, 1.54) is 23.9 Å². The quantitative estimate of drug-likeness (QED) is 0.444. The highest BCUT2D eigenvalue weighted by molar-refractivity contribution is 5.83. The van der Waals surface area contributed by atoms with Crippen LogP contribution < -0.4 is 14.4 Å². The van der Waals surface area contributed by atoms with Crippen molar-refractivity contribution in [2.75, 3.05) is 38.5 Å². The van der Waals surface area contributed by atoms with Gasteiger partial charge in [0.15, 0.2) is 17.6 Å². The van der Waals surface area contributed by atoms with E-state index >= 15 is 0 Å². The molecule has 2 bridgehead atoms. The molecule has 0 aliphatic carbocycles. The zero-order chi connectivity index (χ0) is 28.2. The summed E-state index contributed by atoms with van der Waals surface area (Å²) in [7, 11) is 1.44. The number of aliphatic hydroxyl groups excluding tert-OH is 2. The lowest BCUT2D eigenvalue weighted by Crippen LogP contribution is -2.62. The molecule has 3 fully saturated rings. The molecule has 13 heteroatoms. The van der Waals surface area contributed by atoms with E-state index in [0.29, 0.717) is 30.1 Å². The molecule has 41 heavy (non-hydrogen) atoms. The smallest absolute Gasteiger partial charge is 0.254 e. The number of carbonyl (C=O) groups is 1. The summed E-state index contributed by atoms with van der Waals surface area (Å²) in [5.41, 5.74) is 1.92. The Bertz CT molecular complexity index is 1450. The molecule has 4 aliphatic rings. The van der Waals surface area contributed by atoms with Crippen LogP contribution in [0.15, 0.2) is 48.7 Å². The molecule has 7 rings (SSSR count). The van der Waals surface area contributed by atoms with E-state index < -0.39 is 42.9 Å². The second kappa shape index (κ2) is 10.2. The number of anilines is 1. The fourth-order valence-corrected chi connectivity index (χ4v) is 6.54. The number of amides is 1. The van der Waals surface area contributed by atoms with E-state index in [4.69, 9.17) is 18.9 Å². The molecule has 0 saturated carbocycles. The summed E-state index contributed by atoms with van der Waals surface area (Å²) >= 11 is 0. The lowest BCUT2D eigenvalue weighted by molar-refractivity contribution is -0.217. The summed E-state index contributed by atoms with van der Waals surface area (Å²) in [6.07, 6.45) is -1.94. The number of ether oxygens (including phenoxy) is 4. The number of likely N-dealkylation sites (tertiary alicyclic amines) is 1. The standard InChI is InChI=1S/C28H30FN5O7/c1-38-26-24(34-12-20(30-31-34)15-3-2-4-16(29)7-15)25(36)23(13-35)41-27(26)28(37)33-11-18-8-19(33)10-32(18)17-5-6-21-22(9-17)40-14-39-21/h2-7,9,12,18-19,23-27,35-36H,8,10-11,13-14H2,1H3/t18-,19-,23-,24+,25+,26-,27-/m1/s1. The second-order valence-electron chi connectivity index (χ2n) is 10.8. The summed E-state index contributed by atoms with van der Waals surface area (Å²) < 4.78 is 37.9. The van der Waals surface area contributed by atoms with Crippen molar-refractivity contribution in [1.82, 2.24) is 19.9 Å². The SMILES string of the molecule is CO[C@@H]1[C@@H](n2cc(-c3cccc(F)c3)nn2)[C@@H](O)[C@@H](CO)O[C@H]1C(=O)N1C[C@H]2C[C@@H]1CN2c1ccc2c(c1)OCO2. The number of aliphatic hydroxyl groups is 2. The third-order valence-electron chi connectivity index (χ3n) is 8.53. The number of hydrogen-bond acceptors (Lipinski definition) is 10. The third-order valence-corrected chi connectivity index (χ3v) is 8.53. The van der Waals surface area contributed by atoms with Gasteiger partial charge < -0.3 is 39.0 Å². The fourth-order valence-electron chi connectivity index (χ4n) is 6.54. The summed E-state index contributed by atoms with van der Waals surface area (Å²) in [4.78, 5) is 18.1. The van der Waals surface area contributed by atoms with Gasteiger partial charge in [0.25, 0.3) is 5.91 Å². The zero-order valence-corrected chi connectivity index (χ0v) is 22.2. The van der Waals surface area contributed by atoms with E-state index in [1.807, 2.05) is 23.1 Å². The number of methoxy groups -OCH3 is 1. The van der Waals surface area contributed by atoms with Crippen LogP contribution in [0.25, 0.3) is 11.3 Å².